The van der Waals surface area contributed by atoms with E-state index in [0.29, 0.717) is 15.8 Å². The Labute approximate surface area is 169 Å². The molecule has 1 aromatic rings. The fraction of sp³-hybridized carbons (Fsp3) is 0.368. The summed E-state index contributed by atoms with van der Waals surface area (Å²) in [4.78, 5) is 49.1. The van der Waals surface area contributed by atoms with Crippen molar-refractivity contribution < 1.29 is 29.0 Å². The Morgan fingerprint density at radius 2 is 1.96 bits per heavy atom. The van der Waals surface area contributed by atoms with Gasteiger partial charge >= 0.3 is 12.0 Å². The third-order valence-electron chi connectivity index (χ3n) is 4.69. The minimum absolute atomic E-state index is 0.115. The van der Waals surface area contributed by atoms with Crippen molar-refractivity contribution in [3.63, 3.8) is 0 Å². The third kappa shape index (κ3) is 4.41. The van der Waals surface area contributed by atoms with Crippen LogP contribution in [0.1, 0.15) is 37.7 Å². The molecule has 2 N–H and O–H groups in total. The van der Waals surface area contributed by atoms with Gasteiger partial charge < -0.3 is 9.84 Å². The number of benzene rings is 1. The van der Waals surface area contributed by atoms with Crippen LogP contribution in [0.2, 0.25) is 0 Å². The highest BCUT2D eigenvalue weighted by Gasteiger charge is 2.40. The number of hydrogen-bond donors (Lipinski definition) is 2. The maximum atomic E-state index is 12.9. The Morgan fingerprint density at radius 3 is 2.61 bits per heavy atom. The van der Waals surface area contributed by atoms with Crippen molar-refractivity contribution in [3.05, 3.63) is 33.8 Å². The van der Waals surface area contributed by atoms with Crippen LogP contribution in [0.4, 0.5) is 4.79 Å². The van der Waals surface area contributed by atoms with E-state index in [2.05, 4.69) is 21.2 Å². The third-order valence-corrected chi connectivity index (χ3v) is 5.31. The van der Waals surface area contributed by atoms with Crippen LogP contribution in [-0.2, 0) is 14.4 Å². The van der Waals surface area contributed by atoms with Crippen molar-refractivity contribution in [3.8, 4) is 5.75 Å². The predicted molar refractivity (Wildman–Crippen MR) is 103 cm³/mol. The number of aliphatic carboxylic acids is 1. The Balaban J connectivity index is 1.84. The lowest BCUT2D eigenvalue weighted by Crippen LogP contribution is -2.58. The summed E-state index contributed by atoms with van der Waals surface area (Å²) < 4.78 is 5.61. The molecule has 1 aliphatic heterocycles. The minimum Gasteiger partial charge on any atom is -0.481 e. The Morgan fingerprint density at radius 1 is 1.25 bits per heavy atom. The molecule has 0 spiro atoms. The predicted octanol–water partition coefficient (Wildman–Crippen LogP) is 2.71. The molecular formula is C19H19BrN2O6. The van der Waals surface area contributed by atoms with Gasteiger partial charge in [0, 0.05) is 6.04 Å². The number of carbonyl (C=O) groups is 4. The monoisotopic (exact) mass is 450 g/mol. The summed E-state index contributed by atoms with van der Waals surface area (Å²) in [5.74, 6) is -2.11. The number of halogens is 1. The summed E-state index contributed by atoms with van der Waals surface area (Å²) in [6.07, 6.45) is 5.85. The van der Waals surface area contributed by atoms with E-state index >= 15 is 0 Å². The zero-order chi connectivity index (χ0) is 20.3. The lowest BCUT2D eigenvalue weighted by molar-refractivity contribution is -0.139. The highest BCUT2D eigenvalue weighted by atomic mass is 79.9. The molecule has 1 heterocycles. The highest BCUT2D eigenvalue weighted by molar-refractivity contribution is 9.10. The van der Waals surface area contributed by atoms with Gasteiger partial charge in [0.1, 0.15) is 11.3 Å². The molecule has 4 amide bonds. The molecule has 28 heavy (non-hydrogen) atoms. The molecule has 148 valence electrons. The number of hydrogen-bond acceptors (Lipinski definition) is 5. The zero-order valence-corrected chi connectivity index (χ0v) is 16.5. The highest BCUT2D eigenvalue weighted by Crippen LogP contribution is 2.29. The van der Waals surface area contributed by atoms with Crippen LogP contribution in [0.25, 0.3) is 6.08 Å². The zero-order valence-electron chi connectivity index (χ0n) is 14.9. The maximum absolute atomic E-state index is 12.9. The summed E-state index contributed by atoms with van der Waals surface area (Å²) in [5, 5.41) is 10.9. The Bertz CT molecular complexity index is 860. The Kier molecular flexibility index (Phi) is 6.13. The number of nitrogens with zero attached hydrogens (tertiary/aromatic N) is 1. The molecule has 3 rings (SSSR count). The van der Waals surface area contributed by atoms with Gasteiger partial charge in [-0.3, -0.25) is 19.8 Å². The number of imide groups is 2. The van der Waals surface area contributed by atoms with Crippen molar-refractivity contribution in [2.24, 2.45) is 0 Å². The second-order valence-corrected chi connectivity index (χ2v) is 7.51. The van der Waals surface area contributed by atoms with Crippen molar-refractivity contribution in [1.29, 1.82) is 0 Å². The number of carboxylic acid groups (broad SMARTS) is 1. The smallest absolute Gasteiger partial charge is 0.341 e. The van der Waals surface area contributed by atoms with E-state index in [1.807, 2.05) is 0 Å². The van der Waals surface area contributed by atoms with Gasteiger partial charge in [0.05, 0.1) is 4.47 Å². The van der Waals surface area contributed by atoms with Crippen LogP contribution in [0.3, 0.4) is 0 Å². The van der Waals surface area contributed by atoms with Gasteiger partial charge in [0.2, 0.25) is 0 Å². The normalized spacial score (nSPS) is 19.7. The number of carboxylic acids is 1. The maximum Gasteiger partial charge on any atom is 0.341 e. The molecule has 1 saturated carbocycles. The molecule has 0 bridgehead atoms. The van der Waals surface area contributed by atoms with E-state index in [1.165, 1.54) is 12.1 Å². The first-order valence-corrected chi connectivity index (χ1v) is 9.71. The molecule has 2 fully saturated rings. The number of carbonyl (C=O) groups excluding carboxylic acids is 3. The molecule has 0 atom stereocenters. The van der Waals surface area contributed by atoms with Crippen molar-refractivity contribution in [1.82, 2.24) is 10.2 Å². The molecule has 0 aromatic heterocycles. The van der Waals surface area contributed by atoms with E-state index < -0.39 is 30.4 Å². The number of amides is 4. The van der Waals surface area contributed by atoms with Gasteiger partial charge in [0.15, 0.2) is 6.61 Å². The van der Waals surface area contributed by atoms with Gasteiger partial charge in [-0.15, -0.1) is 0 Å². The van der Waals surface area contributed by atoms with Crippen LogP contribution in [0.15, 0.2) is 28.2 Å². The van der Waals surface area contributed by atoms with Crippen LogP contribution in [-0.4, -0.2) is 46.5 Å². The summed E-state index contributed by atoms with van der Waals surface area (Å²) in [5.41, 5.74) is 0.419. The first kappa shape index (κ1) is 20.1. The van der Waals surface area contributed by atoms with Crippen LogP contribution in [0, 0.1) is 0 Å². The fourth-order valence-electron chi connectivity index (χ4n) is 3.37. The average Bonchev–Trinajstić information content (AvgIpc) is 2.65. The average molecular weight is 451 g/mol. The van der Waals surface area contributed by atoms with Crippen molar-refractivity contribution >= 4 is 45.8 Å². The molecule has 9 heteroatoms. The summed E-state index contributed by atoms with van der Waals surface area (Å²) in [7, 11) is 0. The number of nitrogens with one attached hydrogen (secondary N) is 1. The topological polar surface area (TPSA) is 113 Å². The quantitative estimate of drug-likeness (QED) is 0.526. The van der Waals surface area contributed by atoms with Gasteiger partial charge in [-0.2, -0.15) is 0 Å². The minimum atomic E-state index is -1.10. The van der Waals surface area contributed by atoms with Crippen LogP contribution in [0.5, 0.6) is 5.75 Å². The molecule has 1 aromatic carbocycles. The lowest BCUT2D eigenvalue weighted by atomic mass is 9.93. The summed E-state index contributed by atoms with van der Waals surface area (Å²) in [6.45, 7) is -0.488. The molecule has 1 saturated heterocycles. The SMILES string of the molecule is O=C(O)COc1ccc(C=C2C(=O)NC(=O)N(C3CCCCC3)C2=O)cc1Br. The van der Waals surface area contributed by atoms with E-state index in [0.717, 1.165) is 37.0 Å². The second-order valence-electron chi connectivity index (χ2n) is 6.66. The van der Waals surface area contributed by atoms with Gasteiger partial charge in [0.25, 0.3) is 11.8 Å². The molecule has 2 aliphatic rings. The van der Waals surface area contributed by atoms with Crippen molar-refractivity contribution in [2.45, 2.75) is 38.1 Å². The molecule has 8 nitrogen and oxygen atoms in total. The fourth-order valence-corrected chi connectivity index (χ4v) is 3.88. The van der Waals surface area contributed by atoms with E-state index in [1.54, 1.807) is 12.1 Å². The van der Waals surface area contributed by atoms with E-state index in [9.17, 15) is 19.2 Å². The van der Waals surface area contributed by atoms with E-state index in [4.69, 9.17) is 9.84 Å². The second kappa shape index (κ2) is 8.55. The molecular weight excluding hydrogens is 432 g/mol. The standard InChI is InChI=1S/C19H19BrN2O6/c20-14-9-11(6-7-15(14)28-10-16(23)24)8-13-17(25)21-19(27)22(18(13)26)12-4-2-1-3-5-12/h6-9,12H,1-5,10H2,(H,23,24)(H,21,25,27). The molecule has 0 radical (unpaired) electrons. The summed E-state index contributed by atoms with van der Waals surface area (Å²) >= 11 is 3.28. The van der Waals surface area contributed by atoms with Crippen molar-refractivity contribution in [2.75, 3.05) is 6.61 Å². The molecule has 0 unspecified atom stereocenters. The number of barbiturate groups is 1. The number of urea groups is 1. The number of rotatable bonds is 5. The first-order valence-electron chi connectivity index (χ1n) is 8.91. The largest absolute Gasteiger partial charge is 0.481 e. The van der Waals surface area contributed by atoms with Crippen LogP contribution < -0.4 is 10.1 Å². The van der Waals surface area contributed by atoms with E-state index in [-0.39, 0.29) is 11.6 Å². The number of ether oxygens (including phenoxy) is 1. The van der Waals surface area contributed by atoms with Gasteiger partial charge in [-0.1, -0.05) is 25.3 Å². The summed E-state index contributed by atoms with van der Waals surface area (Å²) in [6, 6.07) is 3.87. The van der Waals surface area contributed by atoms with Gasteiger partial charge in [-0.25, -0.2) is 9.59 Å². The lowest BCUT2D eigenvalue weighted by Gasteiger charge is -2.35. The Hall–Kier alpha value is -2.68. The van der Waals surface area contributed by atoms with Crippen LogP contribution >= 0.6 is 15.9 Å². The van der Waals surface area contributed by atoms with Gasteiger partial charge in [-0.05, 0) is 52.5 Å². The molecule has 1 aliphatic carbocycles. The first-order chi connectivity index (χ1) is 13.4.